The van der Waals surface area contributed by atoms with E-state index in [1.54, 1.807) is 18.0 Å². The second kappa shape index (κ2) is 7.75. The molecule has 6 heteroatoms. The van der Waals surface area contributed by atoms with Gasteiger partial charge in [-0.1, -0.05) is 23.7 Å². The summed E-state index contributed by atoms with van der Waals surface area (Å²) in [6.45, 7) is 2.25. The maximum atomic E-state index is 11.9. The number of carboxylic acid groups (broad SMARTS) is 1. The molecular formula is C14H19ClN2O3. The molecule has 0 aliphatic rings. The molecular weight excluding hydrogens is 280 g/mol. The number of carbonyl (C=O) groups is 2. The van der Waals surface area contributed by atoms with E-state index >= 15 is 0 Å². The average Bonchev–Trinajstić information content (AvgIpc) is 2.41. The predicted molar refractivity (Wildman–Crippen MR) is 77.9 cm³/mol. The van der Waals surface area contributed by atoms with Crippen molar-refractivity contribution in [3.8, 4) is 0 Å². The van der Waals surface area contributed by atoms with E-state index in [0.29, 0.717) is 18.0 Å². The van der Waals surface area contributed by atoms with Crippen LogP contribution in [0.25, 0.3) is 0 Å². The van der Waals surface area contributed by atoms with Gasteiger partial charge in [0.05, 0.1) is 6.04 Å². The molecule has 1 rings (SSSR count). The summed E-state index contributed by atoms with van der Waals surface area (Å²) in [5.41, 5.74) is 0.945. The van der Waals surface area contributed by atoms with Crippen molar-refractivity contribution in [1.82, 2.24) is 10.2 Å². The van der Waals surface area contributed by atoms with Crippen molar-refractivity contribution in [3.05, 3.63) is 34.9 Å². The summed E-state index contributed by atoms with van der Waals surface area (Å²) in [4.78, 5) is 23.9. The van der Waals surface area contributed by atoms with Crippen LogP contribution in [0.15, 0.2) is 24.3 Å². The molecule has 0 bridgehead atoms. The van der Waals surface area contributed by atoms with Crippen molar-refractivity contribution in [1.29, 1.82) is 0 Å². The van der Waals surface area contributed by atoms with Crippen molar-refractivity contribution < 1.29 is 14.7 Å². The van der Waals surface area contributed by atoms with Crippen molar-refractivity contribution >= 4 is 23.6 Å². The zero-order chi connectivity index (χ0) is 15.1. The Bertz CT molecular complexity index is 479. The summed E-state index contributed by atoms with van der Waals surface area (Å²) < 4.78 is 0. The molecule has 5 nitrogen and oxygen atoms in total. The minimum atomic E-state index is -0.861. The van der Waals surface area contributed by atoms with E-state index in [2.05, 4.69) is 5.32 Å². The molecule has 0 spiro atoms. The van der Waals surface area contributed by atoms with E-state index in [0.717, 1.165) is 5.56 Å². The molecule has 0 aliphatic heterocycles. The van der Waals surface area contributed by atoms with Gasteiger partial charge in [0.2, 0.25) is 0 Å². The van der Waals surface area contributed by atoms with Crippen LogP contribution in [0.4, 0.5) is 4.79 Å². The maximum Gasteiger partial charge on any atom is 0.317 e. The van der Waals surface area contributed by atoms with E-state index in [9.17, 15) is 9.59 Å². The summed E-state index contributed by atoms with van der Waals surface area (Å²) in [6.07, 6.45) is 0.467. The van der Waals surface area contributed by atoms with Gasteiger partial charge < -0.3 is 15.3 Å². The Hall–Kier alpha value is -1.75. The largest absolute Gasteiger partial charge is 0.481 e. The quantitative estimate of drug-likeness (QED) is 0.793. The number of carboxylic acids is 1. The molecule has 0 heterocycles. The minimum Gasteiger partial charge on any atom is -0.481 e. The fourth-order valence-electron chi connectivity index (χ4n) is 1.73. The number of benzene rings is 1. The van der Waals surface area contributed by atoms with Crippen molar-refractivity contribution in [2.24, 2.45) is 0 Å². The molecule has 2 amide bonds. The normalized spacial score (nSPS) is 11.8. The number of rotatable bonds is 6. The predicted octanol–water partition coefficient (Wildman–Crippen LogP) is 2.91. The number of nitrogens with one attached hydrogen (secondary N) is 1. The summed E-state index contributed by atoms with van der Waals surface area (Å²) in [5, 5.41) is 11.8. The lowest BCUT2D eigenvalue weighted by Gasteiger charge is -2.25. The standard InChI is InChI=1S/C14H19ClN2O3/c1-10(11-5-3-6-12(15)9-11)17(2)14(20)16-8-4-7-13(18)19/h3,5-6,9-10H,4,7-8H2,1-2H3,(H,16,20)(H,18,19). The number of hydrogen-bond donors (Lipinski definition) is 2. The number of amides is 2. The minimum absolute atomic E-state index is 0.0494. The van der Waals surface area contributed by atoms with Gasteiger partial charge in [0.25, 0.3) is 0 Å². The summed E-state index contributed by atoms with van der Waals surface area (Å²) in [7, 11) is 1.69. The highest BCUT2D eigenvalue weighted by Gasteiger charge is 2.17. The van der Waals surface area contributed by atoms with Crippen LogP contribution in [0.3, 0.4) is 0 Å². The first-order chi connectivity index (χ1) is 9.41. The number of nitrogens with zero attached hydrogens (tertiary/aromatic N) is 1. The van der Waals surface area contributed by atoms with Crippen LogP contribution >= 0.6 is 11.6 Å². The highest BCUT2D eigenvalue weighted by molar-refractivity contribution is 6.30. The van der Waals surface area contributed by atoms with Crippen LogP contribution in [0.2, 0.25) is 5.02 Å². The monoisotopic (exact) mass is 298 g/mol. The van der Waals surface area contributed by atoms with Gasteiger partial charge in [-0.3, -0.25) is 4.79 Å². The van der Waals surface area contributed by atoms with Crippen LogP contribution in [0.5, 0.6) is 0 Å². The Balaban J connectivity index is 2.49. The SMILES string of the molecule is CC(c1cccc(Cl)c1)N(C)C(=O)NCCCC(=O)O. The second-order valence-electron chi connectivity index (χ2n) is 4.57. The number of halogens is 1. The number of hydrogen-bond acceptors (Lipinski definition) is 2. The van der Waals surface area contributed by atoms with Gasteiger partial charge in [-0.05, 0) is 31.0 Å². The van der Waals surface area contributed by atoms with E-state index in [4.69, 9.17) is 16.7 Å². The van der Waals surface area contributed by atoms with Crippen molar-refractivity contribution in [3.63, 3.8) is 0 Å². The molecule has 1 aromatic carbocycles. The first kappa shape index (κ1) is 16.3. The zero-order valence-corrected chi connectivity index (χ0v) is 12.4. The fraction of sp³-hybridized carbons (Fsp3) is 0.429. The number of urea groups is 1. The Morgan fingerprint density at radius 3 is 2.75 bits per heavy atom. The van der Waals surface area contributed by atoms with Gasteiger partial charge in [0, 0.05) is 25.0 Å². The third kappa shape index (κ3) is 5.09. The molecule has 20 heavy (non-hydrogen) atoms. The first-order valence-corrected chi connectivity index (χ1v) is 6.77. The van der Waals surface area contributed by atoms with Gasteiger partial charge in [-0.25, -0.2) is 4.79 Å². The lowest BCUT2D eigenvalue weighted by molar-refractivity contribution is -0.137. The molecule has 0 fully saturated rings. The third-order valence-electron chi connectivity index (χ3n) is 3.08. The van der Waals surface area contributed by atoms with Gasteiger partial charge >= 0.3 is 12.0 Å². The first-order valence-electron chi connectivity index (χ1n) is 6.39. The van der Waals surface area contributed by atoms with E-state index in [-0.39, 0.29) is 18.5 Å². The Morgan fingerprint density at radius 1 is 1.45 bits per heavy atom. The van der Waals surface area contributed by atoms with Crippen LogP contribution in [-0.2, 0) is 4.79 Å². The lowest BCUT2D eigenvalue weighted by atomic mass is 10.1. The zero-order valence-electron chi connectivity index (χ0n) is 11.6. The smallest absolute Gasteiger partial charge is 0.317 e. The van der Waals surface area contributed by atoms with Crippen LogP contribution < -0.4 is 5.32 Å². The Kier molecular flexibility index (Phi) is 6.31. The van der Waals surface area contributed by atoms with Gasteiger partial charge in [0.1, 0.15) is 0 Å². The molecule has 1 aromatic rings. The molecule has 0 aromatic heterocycles. The van der Waals surface area contributed by atoms with Crippen molar-refractivity contribution in [2.45, 2.75) is 25.8 Å². The fourth-order valence-corrected chi connectivity index (χ4v) is 1.92. The van der Waals surface area contributed by atoms with Gasteiger partial charge in [-0.2, -0.15) is 0 Å². The Morgan fingerprint density at radius 2 is 2.15 bits per heavy atom. The molecule has 0 radical (unpaired) electrons. The Labute approximate surface area is 123 Å². The highest BCUT2D eigenvalue weighted by Crippen LogP contribution is 2.21. The van der Waals surface area contributed by atoms with E-state index in [1.165, 1.54) is 0 Å². The van der Waals surface area contributed by atoms with Gasteiger partial charge in [0.15, 0.2) is 0 Å². The van der Waals surface area contributed by atoms with Crippen LogP contribution in [0.1, 0.15) is 31.4 Å². The molecule has 0 aliphatic carbocycles. The molecule has 0 saturated carbocycles. The summed E-state index contributed by atoms with van der Waals surface area (Å²) >= 11 is 5.93. The number of aliphatic carboxylic acids is 1. The lowest BCUT2D eigenvalue weighted by Crippen LogP contribution is -2.39. The number of carbonyl (C=O) groups excluding carboxylic acids is 1. The molecule has 1 atom stereocenters. The maximum absolute atomic E-state index is 11.9. The second-order valence-corrected chi connectivity index (χ2v) is 5.01. The molecule has 110 valence electrons. The van der Waals surface area contributed by atoms with Crippen LogP contribution in [0, 0.1) is 0 Å². The molecule has 1 unspecified atom stereocenters. The van der Waals surface area contributed by atoms with Crippen molar-refractivity contribution in [2.75, 3.05) is 13.6 Å². The van der Waals surface area contributed by atoms with Gasteiger partial charge in [-0.15, -0.1) is 0 Å². The molecule has 2 N–H and O–H groups in total. The topological polar surface area (TPSA) is 69.6 Å². The van der Waals surface area contributed by atoms with E-state index in [1.807, 2.05) is 25.1 Å². The van der Waals surface area contributed by atoms with E-state index < -0.39 is 5.97 Å². The summed E-state index contributed by atoms with van der Waals surface area (Å²) in [5.74, 6) is -0.861. The third-order valence-corrected chi connectivity index (χ3v) is 3.31. The average molecular weight is 299 g/mol. The van der Waals surface area contributed by atoms with Crippen LogP contribution in [-0.4, -0.2) is 35.6 Å². The summed E-state index contributed by atoms with van der Waals surface area (Å²) in [6, 6.07) is 7.00. The molecule has 0 saturated heterocycles. The highest BCUT2D eigenvalue weighted by atomic mass is 35.5.